The zero-order valence-electron chi connectivity index (χ0n) is 6.49. The van der Waals surface area contributed by atoms with E-state index in [1.807, 2.05) is 0 Å². The first-order valence-corrected chi connectivity index (χ1v) is 4.57. The van der Waals surface area contributed by atoms with E-state index in [-0.39, 0.29) is 0 Å². The van der Waals surface area contributed by atoms with Crippen molar-refractivity contribution in [1.82, 2.24) is 0 Å². The predicted octanol–water partition coefficient (Wildman–Crippen LogP) is 1.79. The van der Waals surface area contributed by atoms with E-state index in [2.05, 4.69) is 12.2 Å². The maximum atomic E-state index is 11.4. The highest BCUT2D eigenvalue weighted by molar-refractivity contribution is 5.84. The van der Waals surface area contributed by atoms with E-state index in [9.17, 15) is 4.79 Å². The topological polar surface area (TPSA) is 17.1 Å². The Hall–Kier alpha value is -0.590. The van der Waals surface area contributed by atoms with Gasteiger partial charge >= 0.3 is 0 Å². The zero-order valence-corrected chi connectivity index (χ0v) is 6.49. The molecular formula is C10H12O. The second kappa shape index (κ2) is 1.77. The lowest BCUT2D eigenvalue weighted by atomic mass is 9.86. The van der Waals surface area contributed by atoms with Crippen LogP contribution in [-0.2, 0) is 4.79 Å². The van der Waals surface area contributed by atoms with E-state index in [1.165, 1.54) is 12.8 Å². The van der Waals surface area contributed by atoms with Crippen LogP contribution in [0.15, 0.2) is 12.2 Å². The molecule has 3 aliphatic carbocycles. The smallest absolute Gasteiger partial charge is 0.136 e. The summed E-state index contributed by atoms with van der Waals surface area (Å²) in [6.07, 6.45) is 7.93. The van der Waals surface area contributed by atoms with Crippen LogP contribution in [0, 0.1) is 23.7 Å². The lowest BCUT2D eigenvalue weighted by molar-refractivity contribution is -0.121. The normalized spacial score (nSPS) is 52.2. The summed E-state index contributed by atoms with van der Waals surface area (Å²) in [5.74, 6) is 3.16. The van der Waals surface area contributed by atoms with Gasteiger partial charge in [-0.05, 0) is 30.6 Å². The molecule has 0 aromatic carbocycles. The van der Waals surface area contributed by atoms with E-state index in [0.29, 0.717) is 17.6 Å². The van der Waals surface area contributed by atoms with Crippen LogP contribution >= 0.6 is 0 Å². The molecule has 0 heterocycles. The highest BCUT2D eigenvalue weighted by Gasteiger charge is 2.50. The Bertz CT molecular complexity index is 241. The highest BCUT2D eigenvalue weighted by atomic mass is 16.1. The predicted molar refractivity (Wildman–Crippen MR) is 42.0 cm³/mol. The number of carbonyl (C=O) groups excluding carboxylic acids is 1. The van der Waals surface area contributed by atoms with Crippen molar-refractivity contribution in [2.24, 2.45) is 23.7 Å². The quantitative estimate of drug-likeness (QED) is 0.479. The summed E-state index contributed by atoms with van der Waals surface area (Å²) in [5.41, 5.74) is 0. The van der Waals surface area contributed by atoms with E-state index >= 15 is 0 Å². The minimum Gasteiger partial charge on any atom is -0.299 e. The van der Waals surface area contributed by atoms with Gasteiger partial charge in [0.05, 0.1) is 0 Å². The molecule has 58 valence electrons. The SMILES string of the molecule is O=C1CC[C@H]2C3C=CC(C3)[C@@H]12. The number of carbonyl (C=O) groups is 1. The van der Waals surface area contributed by atoms with Crippen LogP contribution in [0.5, 0.6) is 0 Å². The molecule has 0 aromatic rings. The van der Waals surface area contributed by atoms with Crippen LogP contribution in [0.2, 0.25) is 0 Å². The Balaban J connectivity index is 2.03. The van der Waals surface area contributed by atoms with Crippen LogP contribution in [0.4, 0.5) is 0 Å². The van der Waals surface area contributed by atoms with Gasteiger partial charge in [0.15, 0.2) is 0 Å². The Labute approximate surface area is 66.5 Å². The number of fused-ring (bicyclic) bond motifs is 5. The van der Waals surface area contributed by atoms with E-state index in [4.69, 9.17) is 0 Å². The number of Topliss-reactive ketones (excluding diaryl/α,β-unsaturated/α-hetero) is 1. The molecule has 0 aromatic heterocycles. The van der Waals surface area contributed by atoms with Crippen molar-refractivity contribution in [3.63, 3.8) is 0 Å². The maximum absolute atomic E-state index is 11.4. The second-order valence-corrected chi connectivity index (χ2v) is 4.14. The van der Waals surface area contributed by atoms with Crippen LogP contribution in [0.1, 0.15) is 19.3 Å². The van der Waals surface area contributed by atoms with E-state index in [1.54, 1.807) is 0 Å². The summed E-state index contributed by atoms with van der Waals surface area (Å²) < 4.78 is 0. The fourth-order valence-electron chi connectivity index (χ4n) is 3.27. The number of hydrogen-bond donors (Lipinski definition) is 0. The molecule has 3 rings (SSSR count). The molecule has 2 bridgehead atoms. The molecule has 2 saturated carbocycles. The Kier molecular flexibility index (Phi) is 0.961. The van der Waals surface area contributed by atoms with Gasteiger partial charge in [-0.3, -0.25) is 4.79 Å². The lowest BCUT2D eigenvalue weighted by Crippen LogP contribution is -2.18. The van der Waals surface area contributed by atoms with Gasteiger partial charge in [0.2, 0.25) is 0 Å². The first kappa shape index (κ1) is 5.99. The maximum Gasteiger partial charge on any atom is 0.136 e. The number of rotatable bonds is 0. The summed E-state index contributed by atoms with van der Waals surface area (Å²) >= 11 is 0. The molecule has 3 aliphatic rings. The first-order chi connectivity index (χ1) is 5.36. The van der Waals surface area contributed by atoms with Crippen molar-refractivity contribution in [3.05, 3.63) is 12.2 Å². The van der Waals surface area contributed by atoms with Gasteiger partial charge in [0, 0.05) is 12.3 Å². The van der Waals surface area contributed by atoms with Gasteiger partial charge in [-0.25, -0.2) is 0 Å². The highest BCUT2D eigenvalue weighted by Crippen LogP contribution is 2.53. The van der Waals surface area contributed by atoms with Gasteiger partial charge in [-0.15, -0.1) is 0 Å². The number of allylic oxidation sites excluding steroid dienone is 2. The molecule has 0 N–H and O–H groups in total. The van der Waals surface area contributed by atoms with Gasteiger partial charge in [-0.2, -0.15) is 0 Å². The molecule has 0 saturated heterocycles. The molecule has 0 spiro atoms. The molecule has 1 nitrogen and oxygen atoms in total. The zero-order chi connectivity index (χ0) is 7.42. The molecule has 11 heavy (non-hydrogen) atoms. The van der Waals surface area contributed by atoms with Crippen molar-refractivity contribution in [2.75, 3.05) is 0 Å². The van der Waals surface area contributed by atoms with Crippen LogP contribution in [-0.4, -0.2) is 5.78 Å². The summed E-state index contributed by atoms with van der Waals surface area (Å²) in [5, 5.41) is 0. The Morgan fingerprint density at radius 2 is 2.09 bits per heavy atom. The largest absolute Gasteiger partial charge is 0.299 e. The summed E-state index contributed by atoms with van der Waals surface area (Å²) in [6, 6.07) is 0. The molecule has 2 unspecified atom stereocenters. The summed E-state index contributed by atoms with van der Waals surface area (Å²) in [4.78, 5) is 11.4. The van der Waals surface area contributed by atoms with E-state index in [0.717, 1.165) is 18.3 Å². The van der Waals surface area contributed by atoms with Crippen LogP contribution < -0.4 is 0 Å². The minimum atomic E-state index is 0.449. The number of ketones is 1. The average molecular weight is 148 g/mol. The lowest BCUT2D eigenvalue weighted by Gasteiger charge is -2.17. The van der Waals surface area contributed by atoms with Crippen molar-refractivity contribution in [2.45, 2.75) is 19.3 Å². The van der Waals surface area contributed by atoms with Crippen molar-refractivity contribution in [3.8, 4) is 0 Å². The monoisotopic (exact) mass is 148 g/mol. The van der Waals surface area contributed by atoms with Crippen molar-refractivity contribution in [1.29, 1.82) is 0 Å². The van der Waals surface area contributed by atoms with Crippen LogP contribution in [0.3, 0.4) is 0 Å². The molecule has 0 amide bonds. The molecular weight excluding hydrogens is 136 g/mol. The van der Waals surface area contributed by atoms with Gasteiger partial charge in [0.1, 0.15) is 5.78 Å². The standard InChI is InChI=1S/C10H12O/c11-9-4-3-8-6-1-2-7(5-6)10(8)9/h1-2,6-8,10H,3-5H2/t6?,7?,8-,10+/m0/s1. The Morgan fingerprint density at radius 1 is 1.27 bits per heavy atom. The fourth-order valence-corrected chi connectivity index (χ4v) is 3.27. The van der Waals surface area contributed by atoms with Gasteiger partial charge in [0.25, 0.3) is 0 Å². The number of hydrogen-bond acceptors (Lipinski definition) is 1. The average Bonchev–Trinajstić information content (AvgIpc) is 2.60. The van der Waals surface area contributed by atoms with Crippen LogP contribution in [0.25, 0.3) is 0 Å². The molecule has 0 radical (unpaired) electrons. The molecule has 0 aliphatic heterocycles. The third-order valence-electron chi connectivity index (χ3n) is 3.72. The van der Waals surface area contributed by atoms with Gasteiger partial charge < -0.3 is 0 Å². The minimum absolute atomic E-state index is 0.449. The summed E-state index contributed by atoms with van der Waals surface area (Å²) in [7, 11) is 0. The van der Waals surface area contributed by atoms with Crippen molar-refractivity contribution < 1.29 is 4.79 Å². The van der Waals surface area contributed by atoms with E-state index < -0.39 is 0 Å². The molecule has 2 fully saturated rings. The third kappa shape index (κ3) is 0.597. The Morgan fingerprint density at radius 3 is 2.91 bits per heavy atom. The first-order valence-electron chi connectivity index (χ1n) is 4.57. The van der Waals surface area contributed by atoms with Gasteiger partial charge in [-0.1, -0.05) is 12.2 Å². The fraction of sp³-hybridized carbons (Fsp3) is 0.700. The summed E-state index contributed by atoms with van der Waals surface area (Å²) in [6.45, 7) is 0. The molecule has 4 atom stereocenters. The molecule has 1 heteroatoms. The third-order valence-corrected chi connectivity index (χ3v) is 3.72. The van der Waals surface area contributed by atoms with Crippen molar-refractivity contribution >= 4 is 5.78 Å². The second-order valence-electron chi connectivity index (χ2n) is 4.14.